The summed E-state index contributed by atoms with van der Waals surface area (Å²) in [6.45, 7) is 7.27. The van der Waals surface area contributed by atoms with Crippen molar-refractivity contribution in [1.29, 1.82) is 5.41 Å². The molecule has 0 aliphatic rings. The van der Waals surface area contributed by atoms with E-state index in [1.807, 2.05) is 26.0 Å². The summed E-state index contributed by atoms with van der Waals surface area (Å²) < 4.78 is 0. The van der Waals surface area contributed by atoms with Gasteiger partial charge in [-0.3, -0.25) is 9.78 Å². The molecule has 174 valence electrons. The number of rotatable bonds is 6. The lowest BCUT2D eigenvalue weighted by Gasteiger charge is -2.14. The molecule has 0 fully saturated rings. The number of hydrogen-bond acceptors (Lipinski definition) is 8. The largest absolute Gasteiger partial charge is 0.385 e. The zero-order valence-corrected chi connectivity index (χ0v) is 20.2. The minimum Gasteiger partial charge on any atom is -0.385 e. The summed E-state index contributed by atoms with van der Waals surface area (Å²) in [6.07, 6.45) is 1.42. The van der Waals surface area contributed by atoms with Crippen molar-refractivity contribution in [3.8, 4) is 23.1 Å². The van der Waals surface area contributed by atoms with Crippen LogP contribution in [0.1, 0.15) is 42.2 Å². The number of carbonyl (C=O) groups is 1. The molecule has 34 heavy (non-hydrogen) atoms. The predicted octanol–water partition coefficient (Wildman–Crippen LogP) is 2.93. The van der Waals surface area contributed by atoms with Gasteiger partial charge in [-0.05, 0) is 64.9 Å². The molecule has 1 amide bonds. The van der Waals surface area contributed by atoms with E-state index in [2.05, 4.69) is 47.7 Å². The van der Waals surface area contributed by atoms with E-state index < -0.39 is 6.04 Å². The van der Waals surface area contributed by atoms with Crippen LogP contribution in [0.25, 0.3) is 11.3 Å². The summed E-state index contributed by atoms with van der Waals surface area (Å²) in [7, 11) is 3.47. The number of nitrogens with one attached hydrogen (secondary N) is 4. The Bertz CT molecular complexity index is 1290. The van der Waals surface area contributed by atoms with Crippen LogP contribution in [0, 0.1) is 31.1 Å². The summed E-state index contributed by atoms with van der Waals surface area (Å²) in [5.41, 5.74) is 5.73. The third-order valence-corrected chi connectivity index (χ3v) is 5.05. The van der Waals surface area contributed by atoms with Crippen molar-refractivity contribution < 1.29 is 4.79 Å². The summed E-state index contributed by atoms with van der Waals surface area (Å²) in [5.74, 6) is 6.36. The topological polar surface area (TPSA) is 129 Å². The van der Waals surface area contributed by atoms with E-state index >= 15 is 0 Å². The van der Waals surface area contributed by atoms with E-state index in [9.17, 15) is 4.79 Å². The fourth-order valence-electron chi connectivity index (χ4n) is 3.33. The molecule has 0 aromatic carbocycles. The third kappa shape index (κ3) is 5.79. The Kier molecular flexibility index (Phi) is 7.66. The maximum absolute atomic E-state index is 12.5. The van der Waals surface area contributed by atoms with Crippen molar-refractivity contribution in [2.45, 2.75) is 33.7 Å². The van der Waals surface area contributed by atoms with Gasteiger partial charge in [0.05, 0.1) is 23.1 Å². The van der Waals surface area contributed by atoms with Gasteiger partial charge in [0.15, 0.2) is 0 Å². The molecule has 1 atom stereocenters. The molecule has 0 radical (unpaired) electrons. The van der Waals surface area contributed by atoms with Crippen molar-refractivity contribution in [2.24, 2.45) is 0 Å². The molecular weight excluding hydrogens is 428 g/mol. The van der Waals surface area contributed by atoms with Crippen LogP contribution < -0.4 is 16.0 Å². The van der Waals surface area contributed by atoms with Gasteiger partial charge in [0.25, 0.3) is 0 Å². The maximum Gasteiger partial charge on any atom is 0.242 e. The van der Waals surface area contributed by atoms with Crippen molar-refractivity contribution >= 4 is 23.1 Å². The van der Waals surface area contributed by atoms with Gasteiger partial charge in [0.1, 0.15) is 23.5 Å². The number of carbonyl (C=O) groups excluding carboxylic acids is 1. The van der Waals surface area contributed by atoms with Crippen molar-refractivity contribution in [3.05, 3.63) is 58.9 Å². The molecule has 3 rings (SSSR count). The first kappa shape index (κ1) is 24.5. The third-order valence-electron chi connectivity index (χ3n) is 5.05. The highest BCUT2D eigenvalue weighted by Gasteiger charge is 2.17. The van der Waals surface area contributed by atoms with E-state index in [0.29, 0.717) is 39.9 Å². The van der Waals surface area contributed by atoms with Crippen LogP contribution in [0.4, 0.5) is 11.5 Å². The molecule has 0 aliphatic carbocycles. The molecule has 9 nitrogen and oxygen atoms in total. The van der Waals surface area contributed by atoms with Gasteiger partial charge < -0.3 is 21.4 Å². The summed E-state index contributed by atoms with van der Waals surface area (Å²) in [6, 6.07) is 6.95. The van der Waals surface area contributed by atoms with Crippen LogP contribution >= 0.6 is 0 Å². The second-order valence-electron chi connectivity index (χ2n) is 7.84. The number of pyridine rings is 2. The highest BCUT2D eigenvalue weighted by Crippen LogP contribution is 2.29. The normalized spacial score (nSPS) is 11.2. The van der Waals surface area contributed by atoms with Crippen molar-refractivity contribution in [1.82, 2.24) is 25.3 Å². The molecule has 0 spiro atoms. The summed E-state index contributed by atoms with van der Waals surface area (Å²) >= 11 is 0. The number of aryl methyl sites for hydroxylation is 2. The van der Waals surface area contributed by atoms with E-state index in [1.54, 1.807) is 40.1 Å². The van der Waals surface area contributed by atoms with Crippen LogP contribution in [0.5, 0.6) is 0 Å². The fraction of sp³-hybridized carbons (Fsp3) is 0.280. The van der Waals surface area contributed by atoms with Gasteiger partial charge in [0.2, 0.25) is 5.91 Å². The van der Waals surface area contributed by atoms with Crippen LogP contribution in [-0.4, -0.2) is 51.7 Å². The number of aromatic nitrogens is 4. The standard InChI is InChI=1S/C25H28N8O/c1-14-9-18(10-15(2)31-14)7-8-20-11-19(12-21(32-20)33-25(34)17(4)27-5)23-24(28-6)22(16(3)26)29-13-30-23/h9-13,17,26-28H,1-6H3,(H,32,33,34). The van der Waals surface area contributed by atoms with Crippen molar-refractivity contribution in [2.75, 3.05) is 24.7 Å². The molecule has 4 N–H and O–H groups in total. The SMILES string of the molecule is CNc1c(C(C)=N)ncnc1-c1cc(C#Cc2cc(C)nc(C)c2)nc(NC(=O)C(C)NC)c1. The van der Waals surface area contributed by atoms with Crippen LogP contribution in [0.15, 0.2) is 30.6 Å². The average molecular weight is 457 g/mol. The van der Waals surface area contributed by atoms with Gasteiger partial charge in [-0.25, -0.2) is 15.0 Å². The molecular formula is C25H28N8O. The van der Waals surface area contributed by atoms with Gasteiger partial charge in [-0.1, -0.05) is 5.92 Å². The van der Waals surface area contributed by atoms with Gasteiger partial charge in [-0.15, -0.1) is 0 Å². The highest BCUT2D eigenvalue weighted by molar-refractivity contribution is 6.02. The average Bonchev–Trinajstić information content (AvgIpc) is 2.80. The lowest BCUT2D eigenvalue weighted by molar-refractivity contribution is -0.117. The second-order valence-corrected chi connectivity index (χ2v) is 7.84. The molecule has 0 saturated carbocycles. The first-order valence-corrected chi connectivity index (χ1v) is 10.8. The Morgan fingerprint density at radius 1 is 1.03 bits per heavy atom. The molecule has 3 aromatic heterocycles. The van der Waals surface area contributed by atoms with E-state index in [4.69, 9.17) is 5.41 Å². The summed E-state index contributed by atoms with van der Waals surface area (Å²) in [4.78, 5) is 30.1. The van der Waals surface area contributed by atoms with Gasteiger partial charge in [-0.2, -0.15) is 0 Å². The first-order chi connectivity index (χ1) is 16.2. The Balaban J connectivity index is 2.15. The zero-order chi connectivity index (χ0) is 24.8. The van der Waals surface area contributed by atoms with Crippen LogP contribution in [-0.2, 0) is 4.79 Å². The molecule has 3 heterocycles. The molecule has 0 aliphatic heterocycles. The highest BCUT2D eigenvalue weighted by atomic mass is 16.2. The van der Waals surface area contributed by atoms with E-state index in [1.165, 1.54) is 6.33 Å². The number of amides is 1. The minimum absolute atomic E-state index is 0.223. The Hall–Kier alpha value is -4.16. The fourth-order valence-corrected chi connectivity index (χ4v) is 3.33. The minimum atomic E-state index is -0.401. The molecule has 3 aromatic rings. The molecule has 1 unspecified atom stereocenters. The summed E-state index contributed by atoms with van der Waals surface area (Å²) in [5, 5.41) is 16.9. The molecule has 9 heteroatoms. The molecule has 0 bridgehead atoms. The van der Waals surface area contributed by atoms with Crippen molar-refractivity contribution in [3.63, 3.8) is 0 Å². The number of nitrogens with zero attached hydrogens (tertiary/aromatic N) is 4. The number of hydrogen-bond donors (Lipinski definition) is 4. The molecule has 0 saturated heterocycles. The predicted molar refractivity (Wildman–Crippen MR) is 134 cm³/mol. The van der Waals surface area contributed by atoms with E-state index in [-0.39, 0.29) is 5.91 Å². The van der Waals surface area contributed by atoms with Gasteiger partial charge in [0, 0.05) is 29.6 Å². The quantitative estimate of drug-likeness (QED) is 0.332. The Morgan fingerprint density at radius 3 is 2.35 bits per heavy atom. The number of anilines is 2. The van der Waals surface area contributed by atoms with Crippen LogP contribution in [0.2, 0.25) is 0 Å². The lowest BCUT2D eigenvalue weighted by Crippen LogP contribution is -2.35. The Labute approximate surface area is 199 Å². The maximum atomic E-state index is 12.5. The first-order valence-electron chi connectivity index (χ1n) is 10.8. The monoisotopic (exact) mass is 456 g/mol. The smallest absolute Gasteiger partial charge is 0.242 e. The van der Waals surface area contributed by atoms with E-state index in [0.717, 1.165) is 17.0 Å². The number of likely N-dealkylation sites (N-methyl/N-ethyl adjacent to an activating group) is 1. The lowest BCUT2D eigenvalue weighted by atomic mass is 10.1. The van der Waals surface area contributed by atoms with Gasteiger partial charge >= 0.3 is 0 Å². The zero-order valence-electron chi connectivity index (χ0n) is 20.2. The van der Waals surface area contributed by atoms with Crippen LogP contribution in [0.3, 0.4) is 0 Å². The Morgan fingerprint density at radius 2 is 1.74 bits per heavy atom. The second kappa shape index (κ2) is 10.6.